The van der Waals surface area contributed by atoms with Crippen molar-refractivity contribution >= 4 is 0 Å². The molecule has 1 N–H and O–H groups in total. The fraction of sp³-hybridized carbons (Fsp3) is 1.00. The fourth-order valence-corrected chi connectivity index (χ4v) is 2.77. The molecule has 2 fully saturated rings. The summed E-state index contributed by atoms with van der Waals surface area (Å²) in [7, 11) is 1.76. The SMILES string of the molecule is COCCN(CC1CCCCC1O)C1CC1. The monoisotopic (exact) mass is 227 g/mol. The van der Waals surface area contributed by atoms with Crippen molar-refractivity contribution in [3.05, 3.63) is 0 Å². The molecule has 0 aromatic carbocycles. The van der Waals surface area contributed by atoms with E-state index in [4.69, 9.17) is 4.74 Å². The molecule has 2 saturated carbocycles. The molecule has 2 aliphatic carbocycles. The van der Waals surface area contributed by atoms with E-state index in [1.807, 2.05) is 0 Å². The van der Waals surface area contributed by atoms with Crippen LogP contribution < -0.4 is 0 Å². The fourth-order valence-electron chi connectivity index (χ4n) is 2.77. The van der Waals surface area contributed by atoms with Crippen LogP contribution in [0.25, 0.3) is 0 Å². The van der Waals surface area contributed by atoms with Crippen molar-refractivity contribution in [2.24, 2.45) is 5.92 Å². The van der Waals surface area contributed by atoms with Gasteiger partial charge in [0, 0.05) is 26.2 Å². The van der Waals surface area contributed by atoms with Crippen molar-refractivity contribution in [2.45, 2.75) is 50.7 Å². The van der Waals surface area contributed by atoms with Crippen LogP contribution in [0, 0.1) is 5.92 Å². The zero-order valence-corrected chi connectivity index (χ0v) is 10.4. The van der Waals surface area contributed by atoms with Gasteiger partial charge in [-0.1, -0.05) is 12.8 Å². The van der Waals surface area contributed by atoms with E-state index in [0.29, 0.717) is 5.92 Å². The third-order valence-electron chi connectivity index (χ3n) is 3.98. The van der Waals surface area contributed by atoms with Crippen LogP contribution in [0.5, 0.6) is 0 Å². The highest BCUT2D eigenvalue weighted by Crippen LogP contribution is 2.31. The Morgan fingerprint density at radius 1 is 1.19 bits per heavy atom. The van der Waals surface area contributed by atoms with Crippen LogP contribution in [0.2, 0.25) is 0 Å². The molecule has 16 heavy (non-hydrogen) atoms. The summed E-state index contributed by atoms with van der Waals surface area (Å²) in [4.78, 5) is 2.53. The Morgan fingerprint density at radius 3 is 2.56 bits per heavy atom. The average Bonchev–Trinajstić information content (AvgIpc) is 3.10. The van der Waals surface area contributed by atoms with Crippen molar-refractivity contribution < 1.29 is 9.84 Å². The number of nitrogens with zero attached hydrogens (tertiary/aromatic N) is 1. The molecule has 2 aliphatic rings. The van der Waals surface area contributed by atoms with Crippen LogP contribution in [0.15, 0.2) is 0 Å². The smallest absolute Gasteiger partial charge is 0.0589 e. The van der Waals surface area contributed by atoms with E-state index < -0.39 is 0 Å². The Balaban J connectivity index is 1.78. The van der Waals surface area contributed by atoms with Gasteiger partial charge in [-0.15, -0.1) is 0 Å². The molecule has 0 spiro atoms. The van der Waals surface area contributed by atoms with E-state index in [1.165, 1.54) is 32.1 Å². The van der Waals surface area contributed by atoms with Crippen molar-refractivity contribution in [3.8, 4) is 0 Å². The summed E-state index contributed by atoms with van der Waals surface area (Å²) in [6.07, 6.45) is 7.34. The van der Waals surface area contributed by atoms with Crippen molar-refractivity contribution in [2.75, 3.05) is 26.8 Å². The molecule has 2 unspecified atom stereocenters. The number of hydrogen-bond acceptors (Lipinski definition) is 3. The molecule has 0 heterocycles. The molecule has 2 atom stereocenters. The second-order valence-corrected chi connectivity index (χ2v) is 5.33. The lowest BCUT2D eigenvalue weighted by Gasteiger charge is -2.33. The third-order valence-corrected chi connectivity index (χ3v) is 3.98. The highest BCUT2D eigenvalue weighted by molar-refractivity contribution is 4.87. The second kappa shape index (κ2) is 5.99. The maximum Gasteiger partial charge on any atom is 0.0589 e. The number of ether oxygens (including phenoxy) is 1. The molecule has 2 rings (SSSR count). The minimum absolute atomic E-state index is 0.0578. The van der Waals surface area contributed by atoms with Crippen LogP contribution in [0.4, 0.5) is 0 Å². The van der Waals surface area contributed by atoms with Crippen molar-refractivity contribution in [3.63, 3.8) is 0 Å². The second-order valence-electron chi connectivity index (χ2n) is 5.33. The topological polar surface area (TPSA) is 32.7 Å². The first-order chi connectivity index (χ1) is 7.81. The summed E-state index contributed by atoms with van der Waals surface area (Å²) in [6.45, 7) is 2.93. The first kappa shape index (κ1) is 12.3. The van der Waals surface area contributed by atoms with Gasteiger partial charge in [0.15, 0.2) is 0 Å². The van der Waals surface area contributed by atoms with Gasteiger partial charge in [-0.2, -0.15) is 0 Å². The summed E-state index contributed by atoms with van der Waals surface area (Å²) in [6, 6.07) is 0.782. The Morgan fingerprint density at radius 2 is 1.94 bits per heavy atom. The predicted molar refractivity (Wildman–Crippen MR) is 64.4 cm³/mol. The number of aliphatic hydroxyl groups is 1. The molecule has 3 heteroatoms. The molecule has 0 aliphatic heterocycles. The summed E-state index contributed by atoms with van der Waals surface area (Å²) in [5, 5.41) is 9.99. The predicted octanol–water partition coefficient (Wildman–Crippen LogP) is 1.65. The number of methoxy groups -OCH3 is 1. The van der Waals surface area contributed by atoms with E-state index in [2.05, 4.69) is 4.90 Å². The van der Waals surface area contributed by atoms with E-state index in [9.17, 15) is 5.11 Å². The van der Waals surface area contributed by atoms with E-state index in [1.54, 1.807) is 7.11 Å². The maximum absolute atomic E-state index is 9.99. The molecular formula is C13H25NO2. The van der Waals surface area contributed by atoms with Crippen LogP contribution in [-0.2, 0) is 4.74 Å². The zero-order chi connectivity index (χ0) is 11.4. The van der Waals surface area contributed by atoms with Crippen molar-refractivity contribution in [1.82, 2.24) is 4.90 Å². The Labute approximate surface area is 98.8 Å². The molecular weight excluding hydrogens is 202 g/mol. The van der Waals surface area contributed by atoms with E-state index >= 15 is 0 Å². The summed E-state index contributed by atoms with van der Waals surface area (Å²) < 4.78 is 5.16. The first-order valence-electron chi connectivity index (χ1n) is 6.72. The quantitative estimate of drug-likeness (QED) is 0.749. The van der Waals surface area contributed by atoms with Gasteiger partial charge in [-0.05, 0) is 31.6 Å². The summed E-state index contributed by atoms with van der Waals surface area (Å²) >= 11 is 0. The van der Waals surface area contributed by atoms with Crippen LogP contribution in [0.3, 0.4) is 0 Å². The Bertz CT molecular complexity index is 206. The van der Waals surface area contributed by atoms with Crippen LogP contribution in [0.1, 0.15) is 38.5 Å². The molecule has 0 aromatic rings. The van der Waals surface area contributed by atoms with Gasteiger partial charge in [-0.25, -0.2) is 0 Å². The molecule has 3 nitrogen and oxygen atoms in total. The average molecular weight is 227 g/mol. The lowest BCUT2D eigenvalue weighted by molar-refractivity contribution is 0.0380. The van der Waals surface area contributed by atoms with Gasteiger partial charge in [-0.3, -0.25) is 4.90 Å². The van der Waals surface area contributed by atoms with Gasteiger partial charge < -0.3 is 9.84 Å². The molecule has 0 saturated heterocycles. The number of hydrogen-bond donors (Lipinski definition) is 1. The zero-order valence-electron chi connectivity index (χ0n) is 10.4. The normalized spacial score (nSPS) is 30.9. The van der Waals surface area contributed by atoms with Gasteiger partial charge >= 0.3 is 0 Å². The summed E-state index contributed by atoms with van der Waals surface area (Å²) in [5.41, 5.74) is 0. The number of aliphatic hydroxyl groups excluding tert-OH is 1. The minimum atomic E-state index is -0.0578. The maximum atomic E-state index is 9.99. The molecule has 0 amide bonds. The summed E-state index contributed by atoms with van der Waals surface area (Å²) in [5.74, 6) is 0.506. The highest BCUT2D eigenvalue weighted by atomic mass is 16.5. The highest BCUT2D eigenvalue weighted by Gasteiger charge is 2.32. The Kier molecular flexibility index (Phi) is 4.62. The lowest BCUT2D eigenvalue weighted by Crippen LogP contribution is -2.39. The molecule has 0 bridgehead atoms. The standard InChI is InChI=1S/C13H25NO2/c1-16-9-8-14(12-6-7-12)10-11-4-2-3-5-13(11)15/h11-13,15H,2-10H2,1H3. The largest absolute Gasteiger partial charge is 0.393 e. The number of rotatable bonds is 6. The first-order valence-corrected chi connectivity index (χ1v) is 6.72. The molecule has 0 radical (unpaired) electrons. The molecule has 0 aromatic heterocycles. The van der Waals surface area contributed by atoms with Gasteiger partial charge in [0.2, 0.25) is 0 Å². The van der Waals surface area contributed by atoms with E-state index in [0.717, 1.165) is 32.2 Å². The van der Waals surface area contributed by atoms with Crippen molar-refractivity contribution in [1.29, 1.82) is 0 Å². The van der Waals surface area contributed by atoms with Crippen LogP contribution in [-0.4, -0.2) is 49.0 Å². The molecule has 94 valence electrons. The van der Waals surface area contributed by atoms with Gasteiger partial charge in [0.25, 0.3) is 0 Å². The van der Waals surface area contributed by atoms with Gasteiger partial charge in [0.1, 0.15) is 0 Å². The van der Waals surface area contributed by atoms with E-state index in [-0.39, 0.29) is 6.10 Å². The lowest BCUT2D eigenvalue weighted by atomic mass is 9.86. The third kappa shape index (κ3) is 3.44. The minimum Gasteiger partial charge on any atom is -0.393 e. The van der Waals surface area contributed by atoms with Crippen LogP contribution >= 0.6 is 0 Å². The Hall–Kier alpha value is -0.120. The van der Waals surface area contributed by atoms with Gasteiger partial charge in [0.05, 0.1) is 12.7 Å².